The molecule has 0 aromatic carbocycles. The summed E-state index contributed by atoms with van der Waals surface area (Å²) in [6, 6.07) is 3.50. The summed E-state index contributed by atoms with van der Waals surface area (Å²) < 4.78 is 15.0. The molecule has 0 saturated carbocycles. The molecule has 3 aromatic rings. The highest BCUT2D eigenvalue weighted by Crippen LogP contribution is 2.37. The first-order chi connectivity index (χ1) is 14.9. The standard InChI is InChI=1S/C19H18FN7O4/c1-10(9-28)23-19(30)16-13(7-21)25-26-4-2-15(24-17(16)26)27-14(3-5-31-27)12-6-11(20)8-22-18(12)29/h2,4,6,8,10,14,28H,3,5,9H2,1H3,(H,22,29)(H,23,30)/t10-,14?/m1/s1. The summed E-state index contributed by atoms with van der Waals surface area (Å²) >= 11 is 0. The molecular weight excluding hydrogens is 409 g/mol. The third kappa shape index (κ3) is 3.72. The van der Waals surface area contributed by atoms with Gasteiger partial charge in [0.25, 0.3) is 5.91 Å². The number of carbonyl (C=O) groups excluding carboxylic acids is 1. The Hall–Kier alpha value is -3.82. The maximum atomic E-state index is 13.7. The molecule has 160 valence electrons. The predicted molar refractivity (Wildman–Crippen MR) is 103 cm³/mol. The minimum Gasteiger partial charge on any atom is -0.493 e. The maximum absolute atomic E-state index is 13.7. The molecule has 0 bridgehead atoms. The second-order valence-corrected chi connectivity index (χ2v) is 6.98. The van der Waals surface area contributed by atoms with Crippen LogP contribution in [0.5, 0.6) is 5.88 Å². The highest BCUT2D eigenvalue weighted by molar-refractivity contribution is 6.02. The normalized spacial score (nSPS) is 17.0. The van der Waals surface area contributed by atoms with E-state index in [0.29, 0.717) is 6.42 Å². The van der Waals surface area contributed by atoms with E-state index in [1.165, 1.54) is 21.8 Å². The van der Waals surface area contributed by atoms with Gasteiger partial charge in [0.2, 0.25) is 5.88 Å². The number of anilines is 1. The molecule has 1 fully saturated rings. The van der Waals surface area contributed by atoms with Gasteiger partial charge in [0.1, 0.15) is 17.4 Å². The lowest BCUT2D eigenvalue weighted by Gasteiger charge is -2.24. The van der Waals surface area contributed by atoms with Crippen molar-refractivity contribution in [1.82, 2.24) is 24.9 Å². The number of hydrogen-bond donors (Lipinski definition) is 3. The van der Waals surface area contributed by atoms with Crippen LogP contribution in [0.1, 0.15) is 41.0 Å². The van der Waals surface area contributed by atoms with Crippen LogP contribution in [0, 0.1) is 17.1 Å². The number of nitriles is 1. The number of aromatic nitrogens is 4. The Morgan fingerprint density at radius 3 is 3.10 bits per heavy atom. The van der Waals surface area contributed by atoms with E-state index in [1.54, 1.807) is 13.0 Å². The summed E-state index contributed by atoms with van der Waals surface area (Å²) in [7, 11) is 0. The predicted octanol–water partition coefficient (Wildman–Crippen LogP) is 0.834. The Labute approximate surface area is 175 Å². The van der Waals surface area contributed by atoms with E-state index in [0.717, 1.165) is 6.20 Å². The average Bonchev–Trinajstić information content (AvgIpc) is 3.39. The van der Waals surface area contributed by atoms with Gasteiger partial charge in [-0.1, -0.05) is 0 Å². The zero-order valence-electron chi connectivity index (χ0n) is 16.4. The van der Waals surface area contributed by atoms with E-state index < -0.39 is 23.8 Å². The first-order valence-corrected chi connectivity index (χ1v) is 9.40. The molecule has 3 aromatic heterocycles. The number of aliphatic hydroxyl groups excluding tert-OH is 1. The van der Waals surface area contributed by atoms with Crippen molar-refractivity contribution < 1.29 is 24.2 Å². The first-order valence-electron chi connectivity index (χ1n) is 9.40. The Morgan fingerprint density at radius 2 is 2.35 bits per heavy atom. The zero-order valence-corrected chi connectivity index (χ0v) is 16.4. The third-order valence-electron chi connectivity index (χ3n) is 4.81. The van der Waals surface area contributed by atoms with Crippen LogP contribution in [0.4, 0.5) is 10.2 Å². The monoisotopic (exact) mass is 427 g/mol. The quantitative estimate of drug-likeness (QED) is 0.538. The summed E-state index contributed by atoms with van der Waals surface area (Å²) in [4.78, 5) is 26.4. The Morgan fingerprint density at radius 1 is 1.55 bits per heavy atom. The van der Waals surface area contributed by atoms with Crippen molar-refractivity contribution in [2.24, 2.45) is 0 Å². The van der Waals surface area contributed by atoms with E-state index in [2.05, 4.69) is 20.4 Å². The summed E-state index contributed by atoms with van der Waals surface area (Å²) in [6.07, 6.45) is 2.86. The molecule has 1 unspecified atom stereocenters. The number of fused-ring (bicyclic) bond motifs is 1. The molecule has 4 heterocycles. The van der Waals surface area contributed by atoms with Crippen molar-refractivity contribution in [2.45, 2.75) is 25.4 Å². The van der Waals surface area contributed by atoms with E-state index in [-0.39, 0.29) is 47.4 Å². The number of carbonyl (C=O) groups is 1. The Bertz CT molecular complexity index is 1190. The lowest BCUT2D eigenvalue weighted by molar-refractivity contribution is 0.0923. The summed E-state index contributed by atoms with van der Waals surface area (Å²) in [5.41, 5.74) is 0.168. The molecule has 0 spiro atoms. The second kappa shape index (κ2) is 8.13. The van der Waals surface area contributed by atoms with Crippen LogP contribution >= 0.6 is 0 Å². The van der Waals surface area contributed by atoms with Gasteiger partial charge < -0.3 is 15.5 Å². The van der Waals surface area contributed by atoms with Crippen LogP contribution in [0.15, 0.2) is 24.5 Å². The number of hydrogen-bond acceptors (Lipinski definition) is 9. The van der Waals surface area contributed by atoms with Gasteiger partial charge in [-0.15, -0.1) is 0 Å². The Balaban J connectivity index is 1.76. The fraction of sp³-hybridized carbons (Fsp3) is 0.316. The molecule has 11 nitrogen and oxygen atoms in total. The highest BCUT2D eigenvalue weighted by atomic mass is 19.1. The minimum atomic E-state index is -0.608. The van der Waals surface area contributed by atoms with E-state index in [4.69, 9.17) is 4.84 Å². The second-order valence-electron chi connectivity index (χ2n) is 6.98. The molecule has 4 rings (SSSR count). The van der Waals surface area contributed by atoms with Crippen molar-refractivity contribution in [3.05, 3.63) is 47.2 Å². The summed E-state index contributed by atoms with van der Waals surface area (Å²) in [6.45, 7) is 1.62. The number of halogens is 1. The average molecular weight is 427 g/mol. The molecule has 1 aliphatic heterocycles. The smallest absolute Gasteiger partial charge is 0.258 e. The van der Waals surface area contributed by atoms with Gasteiger partial charge in [0.05, 0.1) is 25.5 Å². The van der Waals surface area contributed by atoms with Crippen LogP contribution in [-0.4, -0.2) is 55.0 Å². The van der Waals surface area contributed by atoms with Crippen molar-refractivity contribution in [1.29, 1.82) is 5.26 Å². The molecule has 0 aliphatic carbocycles. The SMILES string of the molecule is C[C@H](CO)NC(=O)c1c(C#N)nn2ccc(N3OCCC3c3cc(F)cnc3O)nc12. The summed E-state index contributed by atoms with van der Waals surface area (Å²) in [5, 5.41) is 36.7. The van der Waals surface area contributed by atoms with Crippen LogP contribution in [-0.2, 0) is 4.84 Å². The zero-order chi connectivity index (χ0) is 22.1. The first kappa shape index (κ1) is 20.5. The molecule has 2 atom stereocenters. The van der Waals surface area contributed by atoms with E-state index in [9.17, 15) is 24.7 Å². The molecule has 3 N–H and O–H groups in total. The number of hydroxylamine groups is 1. The molecule has 0 radical (unpaired) electrons. The maximum Gasteiger partial charge on any atom is 0.258 e. The van der Waals surface area contributed by atoms with E-state index >= 15 is 0 Å². The van der Waals surface area contributed by atoms with Crippen LogP contribution in [0.3, 0.4) is 0 Å². The molecule has 31 heavy (non-hydrogen) atoms. The lowest BCUT2D eigenvalue weighted by Crippen LogP contribution is -2.35. The lowest BCUT2D eigenvalue weighted by atomic mass is 10.1. The molecule has 1 amide bonds. The number of aliphatic hydroxyl groups is 1. The third-order valence-corrected chi connectivity index (χ3v) is 4.81. The van der Waals surface area contributed by atoms with Crippen molar-refractivity contribution >= 4 is 17.4 Å². The fourth-order valence-electron chi connectivity index (χ4n) is 3.34. The van der Waals surface area contributed by atoms with Crippen LogP contribution < -0.4 is 10.4 Å². The van der Waals surface area contributed by atoms with Gasteiger partial charge in [0, 0.05) is 30.3 Å². The van der Waals surface area contributed by atoms with Crippen molar-refractivity contribution in [3.8, 4) is 11.9 Å². The number of aromatic hydroxyl groups is 1. The van der Waals surface area contributed by atoms with Gasteiger partial charge in [-0.25, -0.2) is 23.9 Å². The largest absolute Gasteiger partial charge is 0.493 e. The fourth-order valence-corrected chi connectivity index (χ4v) is 3.34. The summed E-state index contributed by atoms with van der Waals surface area (Å²) in [5.74, 6) is -1.26. The molecular formula is C19H18FN7O4. The number of pyridine rings is 1. The van der Waals surface area contributed by atoms with Crippen LogP contribution in [0.25, 0.3) is 5.65 Å². The van der Waals surface area contributed by atoms with Crippen molar-refractivity contribution in [2.75, 3.05) is 18.3 Å². The van der Waals surface area contributed by atoms with Gasteiger partial charge in [-0.3, -0.25) is 9.63 Å². The topological polar surface area (TPSA) is 149 Å². The van der Waals surface area contributed by atoms with E-state index in [1.807, 2.05) is 6.07 Å². The van der Waals surface area contributed by atoms with Gasteiger partial charge in [-0.2, -0.15) is 10.4 Å². The number of rotatable bonds is 5. The Kier molecular flexibility index (Phi) is 5.37. The van der Waals surface area contributed by atoms with Gasteiger partial charge in [0.15, 0.2) is 17.2 Å². The van der Waals surface area contributed by atoms with Crippen molar-refractivity contribution in [3.63, 3.8) is 0 Å². The molecule has 12 heteroatoms. The van der Waals surface area contributed by atoms with Crippen LogP contribution in [0.2, 0.25) is 0 Å². The van der Waals surface area contributed by atoms with Gasteiger partial charge >= 0.3 is 0 Å². The number of nitrogens with zero attached hydrogens (tertiary/aromatic N) is 6. The minimum absolute atomic E-state index is 0.0457. The molecule has 1 saturated heterocycles. The van der Waals surface area contributed by atoms with Gasteiger partial charge in [-0.05, 0) is 13.0 Å². The molecule has 1 aliphatic rings. The highest BCUT2D eigenvalue weighted by Gasteiger charge is 2.32. The number of nitrogens with one attached hydrogen (secondary N) is 1. The number of amides is 1.